The molecule has 0 saturated carbocycles. The first kappa shape index (κ1) is 29.5. The summed E-state index contributed by atoms with van der Waals surface area (Å²) in [7, 11) is -2.38. The lowest BCUT2D eigenvalue weighted by Gasteiger charge is -2.24. The third kappa shape index (κ3) is 7.57. The molecule has 0 spiro atoms. The van der Waals surface area contributed by atoms with E-state index in [1.807, 2.05) is 22.8 Å². The summed E-state index contributed by atoms with van der Waals surface area (Å²) in [6.45, 7) is 5.79. The second-order valence-corrected chi connectivity index (χ2v) is 11.2. The minimum atomic E-state index is -3.96. The predicted molar refractivity (Wildman–Crippen MR) is 148 cm³/mol. The van der Waals surface area contributed by atoms with Crippen LogP contribution in [0.5, 0.6) is 11.6 Å². The smallest absolute Gasteiger partial charge is 0.459 e. The summed E-state index contributed by atoms with van der Waals surface area (Å²) in [5.74, 6) is 0.0314. The van der Waals surface area contributed by atoms with Crippen molar-refractivity contribution in [3.63, 3.8) is 0 Å². The van der Waals surface area contributed by atoms with Gasteiger partial charge in [0.15, 0.2) is 11.2 Å². The maximum atomic E-state index is 13.8. The molecule has 2 heterocycles. The van der Waals surface area contributed by atoms with Gasteiger partial charge in [-0.3, -0.25) is 9.32 Å². The van der Waals surface area contributed by atoms with Gasteiger partial charge < -0.3 is 29.0 Å². The molecule has 0 bridgehead atoms. The Morgan fingerprint density at radius 2 is 1.95 bits per heavy atom. The minimum Gasteiger partial charge on any atom is -0.474 e. The number of nitrogens with zero attached hydrogens (tertiary/aromatic N) is 4. The number of hydrogen-bond acceptors (Lipinski definition) is 11. The fraction of sp³-hybridized carbons (Fsp3) is 0.462. The minimum absolute atomic E-state index is 0.0683. The number of nitrogens with one attached hydrogen (secondary N) is 1. The van der Waals surface area contributed by atoms with Crippen LogP contribution in [0.15, 0.2) is 48.8 Å². The summed E-state index contributed by atoms with van der Waals surface area (Å²) < 4.78 is 43.2. The monoisotopic (exact) mass is 574 g/mol. The first-order valence-electron chi connectivity index (χ1n) is 12.9. The first-order chi connectivity index (χ1) is 19.2. The van der Waals surface area contributed by atoms with Crippen LogP contribution in [-0.4, -0.2) is 64.6 Å². The fourth-order valence-corrected chi connectivity index (χ4v) is 5.63. The van der Waals surface area contributed by atoms with Gasteiger partial charge in [0, 0.05) is 13.0 Å². The van der Waals surface area contributed by atoms with Crippen LogP contribution < -0.4 is 20.1 Å². The molecule has 3 N–H and O–H groups in total. The Morgan fingerprint density at radius 3 is 2.67 bits per heavy atom. The molecule has 0 aliphatic heterocycles. The number of imidazole rings is 1. The van der Waals surface area contributed by atoms with E-state index in [1.165, 1.54) is 0 Å². The van der Waals surface area contributed by atoms with Gasteiger partial charge in [-0.2, -0.15) is 15.1 Å². The third-order valence-corrected chi connectivity index (χ3v) is 7.57. The summed E-state index contributed by atoms with van der Waals surface area (Å²) >= 11 is 0. The van der Waals surface area contributed by atoms with Gasteiger partial charge in [0.1, 0.15) is 18.4 Å². The van der Waals surface area contributed by atoms with E-state index < -0.39 is 19.8 Å². The topological polar surface area (TPSA) is 162 Å². The summed E-state index contributed by atoms with van der Waals surface area (Å²) in [5, 5.41) is 2.71. The molecule has 216 valence electrons. The summed E-state index contributed by atoms with van der Waals surface area (Å²) in [5.41, 5.74) is 6.96. The summed E-state index contributed by atoms with van der Waals surface area (Å²) in [4.78, 5) is 25.3. The van der Waals surface area contributed by atoms with Crippen molar-refractivity contribution in [3.8, 4) is 11.6 Å². The van der Waals surface area contributed by atoms with Crippen molar-refractivity contribution >= 4 is 30.8 Å². The number of nitrogen functional groups attached to an aromatic ring is 1. The maximum absolute atomic E-state index is 13.8. The van der Waals surface area contributed by atoms with E-state index in [0.717, 1.165) is 0 Å². The van der Waals surface area contributed by atoms with Crippen molar-refractivity contribution in [3.05, 3.63) is 48.8 Å². The van der Waals surface area contributed by atoms with E-state index in [-0.39, 0.29) is 36.5 Å². The van der Waals surface area contributed by atoms with Crippen molar-refractivity contribution in [2.45, 2.75) is 45.4 Å². The zero-order valence-corrected chi connectivity index (χ0v) is 23.8. The van der Waals surface area contributed by atoms with E-state index in [9.17, 15) is 9.36 Å². The average Bonchev–Trinajstić information content (AvgIpc) is 3.55. The number of carbonyl (C=O) groups excluding carboxylic acids is 1. The molecule has 40 heavy (non-hydrogen) atoms. The number of ether oxygens (including phenoxy) is 3. The van der Waals surface area contributed by atoms with Crippen LogP contribution >= 0.6 is 7.75 Å². The standard InChI is InChI=1S/C26H35N6O7P/c1-17(2)38-25(33)18(3)31-40(34,39-21-8-6-5-7-9-21)37-15-19-10-11-20(14-19)32-16-28-22-23(32)29-26(27)30-24(22)36-13-12-35-4/h5-11,16-20H,12-15H2,1-4H3,(H,31,34)(H2,27,29,30)/t18-,19+,20-,40-/m0/s1. The fourth-order valence-electron chi connectivity index (χ4n) is 4.08. The normalized spacial score (nSPS) is 19.0. The zero-order valence-electron chi connectivity index (χ0n) is 22.9. The largest absolute Gasteiger partial charge is 0.474 e. The van der Waals surface area contributed by atoms with E-state index >= 15 is 0 Å². The van der Waals surface area contributed by atoms with Gasteiger partial charge in [0.25, 0.3) is 0 Å². The highest BCUT2D eigenvalue weighted by Gasteiger charge is 2.34. The lowest BCUT2D eigenvalue weighted by Crippen LogP contribution is -2.36. The van der Waals surface area contributed by atoms with Gasteiger partial charge in [0.05, 0.1) is 31.7 Å². The molecule has 0 amide bonds. The lowest BCUT2D eigenvalue weighted by atomic mass is 10.1. The Hall–Kier alpha value is -3.51. The van der Waals surface area contributed by atoms with Crippen LogP contribution in [0.2, 0.25) is 0 Å². The Balaban J connectivity index is 1.44. The van der Waals surface area contributed by atoms with Crippen molar-refractivity contribution in [1.82, 2.24) is 24.6 Å². The molecule has 0 radical (unpaired) electrons. The average molecular weight is 575 g/mol. The number of para-hydroxylation sites is 1. The number of benzene rings is 1. The molecular formula is C26H35N6O7P. The van der Waals surface area contributed by atoms with Crippen LogP contribution in [0.1, 0.15) is 33.2 Å². The molecule has 0 saturated heterocycles. The molecule has 14 heteroatoms. The molecule has 1 aliphatic rings. The van der Waals surface area contributed by atoms with Crippen LogP contribution in [0, 0.1) is 5.92 Å². The highest BCUT2D eigenvalue weighted by Crippen LogP contribution is 2.46. The number of hydrogen-bond donors (Lipinski definition) is 2. The number of anilines is 1. The van der Waals surface area contributed by atoms with Crippen LogP contribution in [-0.2, 0) is 23.4 Å². The summed E-state index contributed by atoms with van der Waals surface area (Å²) in [6.07, 6.45) is 5.93. The predicted octanol–water partition coefficient (Wildman–Crippen LogP) is 3.68. The van der Waals surface area contributed by atoms with Gasteiger partial charge in [-0.05, 0) is 39.3 Å². The first-order valence-corrected chi connectivity index (χ1v) is 14.5. The Morgan fingerprint density at radius 1 is 1.18 bits per heavy atom. The van der Waals surface area contributed by atoms with Gasteiger partial charge in [0.2, 0.25) is 11.8 Å². The van der Waals surface area contributed by atoms with Crippen molar-refractivity contribution in [2.75, 3.05) is 32.7 Å². The number of methoxy groups -OCH3 is 1. The quantitative estimate of drug-likeness (QED) is 0.124. The second kappa shape index (κ2) is 13.2. The molecular weight excluding hydrogens is 539 g/mol. The molecule has 4 atom stereocenters. The number of allylic oxidation sites excluding steroid dienone is 1. The van der Waals surface area contributed by atoms with Crippen LogP contribution in [0.25, 0.3) is 11.2 Å². The van der Waals surface area contributed by atoms with Gasteiger partial charge >= 0.3 is 13.7 Å². The maximum Gasteiger partial charge on any atom is 0.459 e. The highest BCUT2D eigenvalue weighted by atomic mass is 31.2. The van der Waals surface area contributed by atoms with Crippen molar-refractivity contribution in [1.29, 1.82) is 0 Å². The lowest BCUT2D eigenvalue weighted by molar-refractivity contribution is -0.149. The van der Waals surface area contributed by atoms with E-state index in [0.29, 0.717) is 36.5 Å². The van der Waals surface area contributed by atoms with Crippen molar-refractivity contribution in [2.24, 2.45) is 5.92 Å². The zero-order chi connectivity index (χ0) is 28.7. The van der Waals surface area contributed by atoms with Crippen LogP contribution in [0.4, 0.5) is 5.95 Å². The molecule has 0 unspecified atom stereocenters. The Labute approximate surface area is 232 Å². The van der Waals surface area contributed by atoms with Gasteiger partial charge in [-0.1, -0.05) is 30.4 Å². The second-order valence-electron chi connectivity index (χ2n) is 9.53. The highest BCUT2D eigenvalue weighted by molar-refractivity contribution is 7.52. The Kier molecular flexibility index (Phi) is 9.75. The molecule has 4 rings (SSSR count). The molecule has 1 aromatic carbocycles. The number of rotatable bonds is 14. The number of esters is 1. The van der Waals surface area contributed by atoms with E-state index in [2.05, 4.69) is 20.0 Å². The number of nitrogens with two attached hydrogens (primary N) is 1. The van der Waals surface area contributed by atoms with E-state index in [4.69, 9.17) is 29.0 Å². The number of fused-ring (bicyclic) bond motifs is 1. The van der Waals surface area contributed by atoms with Gasteiger partial charge in [-0.25, -0.2) is 9.55 Å². The van der Waals surface area contributed by atoms with E-state index in [1.54, 1.807) is 58.5 Å². The number of aromatic nitrogens is 4. The number of carbonyl (C=O) groups is 1. The SMILES string of the molecule is COCCOc1nc(N)nc2c1ncn2[C@H]1C=C[C@@H](CO[P@@](=O)(N[C@@H](C)C(=O)OC(C)C)Oc2ccccc2)C1. The van der Waals surface area contributed by atoms with Crippen molar-refractivity contribution < 1.29 is 32.6 Å². The molecule has 1 aliphatic carbocycles. The summed E-state index contributed by atoms with van der Waals surface area (Å²) in [6, 6.07) is 7.59. The van der Waals surface area contributed by atoms with Crippen LogP contribution in [0.3, 0.4) is 0 Å². The molecule has 13 nitrogen and oxygen atoms in total. The van der Waals surface area contributed by atoms with Gasteiger partial charge in [-0.15, -0.1) is 0 Å². The molecule has 2 aromatic heterocycles. The molecule has 3 aromatic rings. The molecule has 0 fully saturated rings. The Bertz CT molecular complexity index is 1370. The third-order valence-electron chi connectivity index (χ3n) is 5.92.